The van der Waals surface area contributed by atoms with Gasteiger partial charge in [-0.15, -0.1) is 0 Å². The number of hydrogen-bond donors (Lipinski definition) is 0. The van der Waals surface area contributed by atoms with Gasteiger partial charge in [0.25, 0.3) is 0 Å². The van der Waals surface area contributed by atoms with Crippen molar-refractivity contribution in [1.82, 2.24) is 0 Å². The van der Waals surface area contributed by atoms with Gasteiger partial charge in [0, 0.05) is 13.2 Å². The van der Waals surface area contributed by atoms with Crippen molar-refractivity contribution < 1.29 is 9.47 Å². The molecule has 0 aliphatic heterocycles. The van der Waals surface area contributed by atoms with Crippen LogP contribution in [0.4, 0.5) is 0 Å². The van der Waals surface area contributed by atoms with E-state index in [-0.39, 0.29) is 12.2 Å². The molecule has 16 heavy (non-hydrogen) atoms. The maximum atomic E-state index is 5.85. The van der Waals surface area contributed by atoms with Gasteiger partial charge >= 0.3 is 0 Å². The minimum atomic E-state index is 0.120. The van der Waals surface area contributed by atoms with E-state index in [1.165, 1.54) is 11.1 Å². The van der Waals surface area contributed by atoms with Crippen LogP contribution in [0.15, 0.2) is 24.3 Å². The maximum absolute atomic E-state index is 5.85. The second-order valence-corrected chi connectivity index (χ2v) is 4.11. The molecule has 0 radical (unpaired) electrons. The Morgan fingerprint density at radius 3 is 2.62 bits per heavy atom. The number of fused-ring (bicyclic) bond motifs is 1. The van der Waals surface area contributed by atoms with E-state index < -0.39 is 0 Å². The van der Waals surface area contributed by atoms with Crippen LogP contribution < -0.4 is 0 Å². The van der Waals surface area contributed by atoms with Crippen molar-refractivity contribution >= 4 is 0 Å². The van der Waals surface area contributed by atoms with Crippen molar-refractivity contribution in [2.45, 2.75) is 38.9 Å². The predicted molar refractivity (Wildman–Crippen MR) is 64.5 cm³/mol. The summed E-state index contributed by atoms with van der Waals surface area (Å²) < 4.78 is 11.6. The Bertz CT molecular complexity index is 335. The summed E-state index contributed by atoms with van der Waals surface area (Å²) in [5.41, 5.74) is 2.73. The van der Waals surface area contributed by atoms with E-state index in [4.69, 9.17) is 9.47 Å². The zero-order chi connectivity index (χ0) is 11.4. The molecular formula is C14H20O2. The summed E-state index contributed by atoms with van der Waals surface area (Å²) in [4.78, 5) is 0. The fourth-order valence-corrected chi connectivity index (χ4v) is 2.45. The van der Waals surface area contributed by atoms with Gasteiger partial charge in [-0.1, -0.05) is 24.3 Å². The highest BCUT2D eigenvalue weighted by Gasteiger charge is 2.30. The smallest absolute Gasteiger partial charge is 0.109 e. The van der Waals surface area contributed by atoms with E-state index in [1.54, 1.807) is 0 Å². The zero-order valence-corrected chi connectivity index (χ0v) is 10.1. The van der Waals surface area contributed by atoms with Crippen molar-refractivity contribution in [3.63, 3.8) is 0 Å². The highest BCUT2D eigenvalue weighted by Crippen LogP contribution is 2.34. The standard InChI is InChI=1S/C14H20O2/c1-3-15-13-10-9-11-7-5-6-8-12(11)14(13)16-4-2/h5-8,13-14H,3-4,9-10H2,1-2H3. The molecule has 1 aliphatic rings. The zero-order valence-electron chi connectivity index (χ0n) is 10.1. The second-order valence-electron chi connectivity index (χ2n) is 4.11. The largest absolute Gasteiger partial charge is 0.375 e. The Kier molecular flexibility index (Phi) is 3.97. The van der Waals surface area contributed by atoms with Gasteiger partial charge in [-0.3, -0.25) is 0 Å². The molecule has 0 amide bonds. The molecule has 0 fully saturated rings. The topological polar surface area (TPSA) is 18.5 Å². The summed E-state index contributed by atoms with van der Waals surface area (Å²) >= 11 is 0. The molecular weight excluding hydrogens is 200 g/mol. The van der Waals surface area contributed by atoms with Gasteiger partial charge in [0.2, 0.25) is 0 Å². The van der Waals surface area contributed by atoms with Crippen molar-refractivity contribution in [1.29, 1.82) is 0 Å². The van der Waals surface area contributed by atoms with Crippen molar-refractivity contribution in [2.75, 3.05) is 13.2 Å². The molecule has 0 saturated heterocycles. The Labute approximate surface area is 97.6 Å². The Hall–Kier alpha value is -0.860. The first kappa shape index (κ1) is 11.6. The van der Waals surface area contributed by atoms with Crippen molar-refractivity contribution in [3.05, 3.63) is 35.4 Å². The van der Waals surface area contributed by atoms with Crippen LogP contribution in [0.1, 0.15) is 37.5 Å². The number of ether oxygens (including phenoxy) is 2. The van der Waals surface area contributed by atoms with Gasteiger partial charge in [0.05, 0.1) is 6.10 Å². The molecule has 2 nitrogen and oxygen atoms in total. The number of benzene rings is 1. The first-order valence-electron chi connectivity index (χ1n) is 6.17. The molecule has 2 heteroatoms. The number of aryl methyl sites for hydroxylation is 1. The van der Waals surface area contributed by atoms with Crippen LogP contribution in [0.3, 0.4) is 0 Å². The van der Waals surface area contributed by atoms with Crippen LogP contribution in [-0.2, 0) is 15.9 Å². The molecule has 1 aromatic rings. The average Bonchev–Trinajstić information content (AvgIpc) is 2.32. The Morgan fingerprint density at radius 2 is 1.88 bits per heavy atom. The van der Waals surface area contributed by atoms with Gasteiger partial charge in [-0.25, -0.2) is 0 Å². The second kappa shape index (κ2) is 5.46. The maximum Gasteiger partial charge on any atom is 0.109 e. The molecule has 88 valence electrons. The van der Waals surface area contributed by atoms with E-state index in [9.17, 15) is 0 Å². The van der Waals surface area contributed by atoms with Gasteiger partial charge in [-0.2, -0.15) is 0 Å². The van der Waals surface area contributed by atoms with Gasteiger partial charge in [0.15, 0.2) is 0 Å². The summed E-state index contributed by atoms with van der Waals surface area (Å²) in [6, 6.07) is 8.55. The molecule has 1 aromatic carbocycles. The SMILES string of the molecule is CCOC1CCc2ccccc2C1OCC. The van der Waals surface area contributed by atoms with Crippen molar-refractivity contribution in [3.8, 4) is 0 Å². The lowest BCUT2D eigenvalue weighted by molar-refractivity contribution is -0.0773. The van der Waals surface area contributed by atoms with E-state index in [0.29, 0.717) is 0 Å². The minimum absolute atomic E-state index is 0.120. The predicted octanol–water partition coefficient (Wildman–Crippen LogP) is 3.12. The van der Waals surface area contributed by atoms with E-state index in [2.05, 4.69) is 24.3 Å². The highest BCUT2D eigenvalue weighted by atomic mass is 16.5. The summed E-state index contributed by atoms with van der Waals surface area (Å²) in [5.74, 6) is 0. The molecule has 0 aromatic heterocycles. The first-order valence-corrected chi connectivity index (χ1v) is 6.17. The lowest BCUT2D eigenvalue weighted by atomic mass is 9.87. The normalized spacial score (nSPS) is 24.1. The quantitative estimate of drug-likeness (QED) is 0.776. The third kappa shape index (κ3) is 2.28. The number of hydrogen-bond acceptors (Lipinski definition) is 2. The lowest BCUT2D eigenvalue weighted by Gasteiger charge is -2.33. The summed E-state index contributed by atoms with van der Waals surface area (Å²) in [5, 5.41) is 0. The van der Waals surface area contributed by atoms with Gasteiger partial charge < -0.3 is 9.47 Å². The molecule has 0 saturated carbocycles. The summed E-state index contributed by atoms with van der Waals surface area (Å²) in [6.07, 6.45) is 2.51. The highest BCUT2D eigenvalue weighted by molar-refractivity contribution is 5.32. The van der Waals surface area contributed by atoms with E-state index in [0.717, 1.165) is 26.1 Å². The van der Waals surface area contributed by atoms with Crippen LogP contribution in [0.2, 0.25) is 0 Å². The van der Waals surface area contributed by atoms with Crippen LogP contribution in [-0.4, -0.2) is 19.3 Å². The molecule has 1 aliphatic carbocycles. The molecule has 2 rings (SSSR count). The molecule has 0 spiro atoms. The van der Waals surface area contributed by atoms with Gasteiger partial charge in [-0.05, 0) is 37.8 Å². The molecule has 2 unspecified atom stereocenters. The average molecular weight is 220 g/mol. The monoisotopic (exact) mass is 220 g/mol. The Morgan fingerprint density at radius 1 is 1.12 bits per heavy atom. The molecule has 0 N–H and O–H groups in total. The third-order valence-electron chi connectivity index (χ3n) is 3.12. The third-order valence-corrected chi connectivity index (χ3v) is 3.12. The fourth-order valence-electron chi connectivity index (χ4n) is 2.45. The summed E-state index contributed by atoms with van der Waals surface area (Å²) in [6.45, 7) is 5.59. The molecule has 2 atom stereocenters. The summed E-state index contributed by atoms with van der Waals surface area (Å²) in [7, 11) is 0. The lowest BCUT2D eigenvalue weighted by Crippen LogP contribution is -2.30. The van der Waals surface area contributed by atoms with Crippen LogP contribution in [0.25, 0.3) is 0 Å². The van der Waals surface area contributed by atoms with E-state index >= 15 is 0 Å². The van der Waals surface area contributed by atoms with Crippen molar-refractivity contribution in [2.24, 2.45) is 0 Å². The van der Waals surface area contributed by atoms with E-state index in [1.807, 2.05) is 13.8 Å². The molecule has 0 heterocycles. The van der Waals surface area contributed by atoms with Crippen LogP contribution in [0, 0.1) is 0 Å². The Balaban J connectivity index is 2.24. The van der Waals surface area contributed by atoms with Crippen LogP contribution in [0.5, 0.6) is 0 Å². The first-order chi connectivity index (χ1) is 7.86. The molecule has 0 bridgehead atoms. The van der Waals surface area contributed by atoms with Crippen LogP contribution >= 0.6 is 0 Å². The number of rotatable bonds is 4. The fraction of sp³-hybridized carbons (Fsp3) is 0.571. The van der Waals surface area contributed by atoms with Gasteiger partial charge in [0.1, 0.15) is 6.10 Å². The minimum Gasteiger partial charge on any atom is -0.375 e.